The molecule has 0 bridgehead atoms. The third-order valence-corrected chi connectivity index (χ3v) is 7.69. The fourth-order valence-electron chi connectivity index (χ4n) is 4.47. The number of hydrogen-bond acceptors (Lipinski definition) is 11. The molecule has 16 heteroatoms. The van der Waals surface area contributed by atoms with Crippen LogP contribution in [0.15, 0.2) is 64.3 Å². The normalized spacial score (nSPS) is 14.7. The number of anilines is 3. The fraction of sp³-hybridized carbons (Fsp3) is 0.280. The van der Waals surface area contributed by atoms with E-state index in [0.29, 0.717) is 31.6 Å². The highest BCUT2D eigenvalue weighted by Crippen LogP contribution is 2.38. The second-order valence-corrected chi connectivity index (χ2v) is 11.4. The van der Waals surface area contributed by atoms with Crippen LogP contribution in [0.5, 0.6) is 0 Å². The maximum atomic E-state index is 13.1. The van der Waals surface area contributed by atoms with Crippen LogP contribution in [0.4, 0.5) is 36.2 Å². The number of rotatable bonds is 7. The van der Waals surface area contributed by atoms with Crippen LogP contribution in [-0.2, 0) is 16.0 Å². The molecule has 0 atom stereocenters. The minimum atomic E-state index is -4.50. The van der Waals surface area contributed by atoms with Crippen LogP contribution in [0.25, 0.3) is 11.4 Å². The van der Waals surface area contributed by atoms with Crippen molar-refractivity contribution in [3.63, 3.8) is 0 Å². The smallest absolute Gasteiger partial charge is 0.351 e. The second-order valence-electron chi connectivity index (χ2n) is 9.37. The highest BCUT2D eigenvalue weighted by molar-refractivity contribution is 7.90. The Kier molecular flexibility index (Phi) is 7.33. The van der Waals surface area contributed by atoms with Crippen molar-refractivity contribution >= 4 is 32.8 Å². The average Bonchev–Trinajstić information content (AvgIpc) is 3.43. The van der Waals surface area contributed by atoms with E-state index >= 15 is 0 Å². The van der Waals surface area contributed by atoms with Crippen LogP contribution in [0.3, 0.4) is 0 Å². The lowest BCUT2D eigenvalue weighted by atomic mass is 9.96. The number of piperidine rings is 1. The molecule has 5 rings (SSSR count). The first kappa shape index (κ1) is 27.9. The van der Waals surface area contributed by atoms with Gasteiger partial charge in [0.05, 0.1) is 15.4 Å². The summed E-state index contributed by atoms with van der Waals surface area (Å²) in [5.74, 6) is 0.158. The van der Waals surface area contributed by atoms with Crippen molar-refractivity contribution in [2.45, 2.75) is 29.8 Å². The van der Waals surface area contributed by atoms with Crippen LogP contribution in [0.1, 0.15) is 30.2 Å². The summed E-state index contributed by atoms with van der Waals surface area (Å²) in [7, 11) is -3.40. The highest BCUT2D eigenvalue weighted by Gasteiger charge is 2.33. The molecule has 1 saturated heterocycles. The molecular weight excluding hydrogens is 567 g/mol. The second kappa shape index (κ2) is 10.8. The minimum absolute atomic E-state index is 0.0419. The average molecular weight is 590 g/mol. The Bertz CT molecular complexity index is 1690. The van der Waals surface area contributed by atoms with Gasteiger partial charge in [0.25, 0.3) is 0 Å². The van der Waals surface area contributed by atoms with Gasteiger partial charge in [0.1, 0.15) is 6.33 Å². The standard InChI is InChI=1S/C25H22F3N7O5S/c1-41(38,39)19-7-5-18(6-8-19)31-22-20(35(36)37)23(30-14-29-22)34-11-9-15(10-12-34)24-32-21(33-40-24)16-3-2-4-17(13-16)25(26,27)28/h2-8,13-15H,9-12H2,1H3,(H,29,30,31). The number of halogens is 3. The van der Waals surface area contributed by atoms with Crippen LogP contribution in [-0.4, -0.2) is 52.8 Å². The summed E-state index contributed by atoms with van der Waals surface area (Å²) in [6, 6.07) is 10.4. The summed E-state index contributed by atoms with van der Waals surface area (Å²) in [6.07, 6.45) is -1.28. The number of aromatic nitrogens is 4. The largest absolute Gasteiger partial charge is 0.416 e. The number of hydrogen-bond donors (Lipinski definition) is 1. The van der Waals surface area contributed by atoms with Crippen molar-refractivity contribution in [3.05, 3.63) is 76.4 Å². The lowest BCUT2D eigenvalue weighted by molar-refractivity contribution is -0.383. The number of benzene rings is 2. The van der Waals surface area contributed by atoms with E-state index in [-0.39, 0.29) is 45.4 Å². The molecule has 0 unspecified atom stereocenters. The summed E-state index contributed by atoms with van der Waals surface area (Å²) in [6.45, 7) is 0.707. The van der Waals surface area contributed by atoms with Crippen molar-refractivity contribution in [1.29, 1.82) is 0 Å². The van der Waals surface area contributed by atoms with E-state index in [4.69, 9.17) is 4.52 Å². The molecule has 41 heavy (non-hydrogen) atoms. The summed E-state index contributed by atoms with van der Waals surface area (Å²) < 4.78 is 68.0. The van der Waals surface area contributed by atoms with Crippen molar-refractivity contribution in [2.75, 3.05) is 29.6 Å². The fourth-order valence-corrected chi connectivity index (χ4v) is 5.10. The third-order valence-electron chi connectivity index (χ3n) is 6.56. The number of sulfone groups is 1. The molecule has 0 radical (unpaired) electrons. The molecule has 1 aliphatic rings. The first-order chi connectivity index (χ1) is 19.4. The molecular formula is C25H22F3N7O5S. The molecule has 2 aromatic carbocycles. The monoisotopic (exact) mass is 589 g/mol. The van der Waals surface area contributed by atoms with Gasteiger partial charge < -0.3 is 14.7 Å². The van der Waals surface area contributed by atoms with Gasteiger partial charge in [-0.05, 0) is 49.2 Å². The van der Waals surface area contributed by atoms with Crippen LogP contribution in [0.2, 0.25) is 0 Å². The Morgan fingerprint density at radius 3 is 2.44 bits per heavy atom. The van der Waals surface area contributed by atoms with E-state index in [1.807, 2.05) is 0 Å². The zero-order valence-corrected chi connectivity index (χ0v) is 22.2. The van der Waals surface area contributed by atoms with Crippen molar-refractivity contribution in [3.8, 4) is 11.4 Å². The zero-order chi connectivity index (χ0) is 29.4. The van der Waals surface area contributed by atoms with Gasteiger partial charge in [0.15, 0.2) is 9.84 Å². The summed E-state index contributed by atoms with van der Waals surface area (Å²) in [5.41, 5.74) is -0.588. The molecule has 0 aliphatic carbocycles. The first-order valence-corrected chi connectivity index (χ1v) is 14.1. The Hall–Kier alpha value is -4.60. The van der Waals surface area contributed by atoms with Gasteiger partial charge in [0.2, 0.25) is 23.4 Å². The lowest BCUT2D eigenvalue weighted by Gasteiger charge is -2.30. The van der Waals surface area contributed by atoms with Crippen molar-refractivity contribution < 1.29 is 31.0 Å². The molecule has 1 fully saturated rings. The third kappa shape index (κ3) is 6.11. The quantitative estimate of drug-likeness (QED) is 0.229. The molecule has 0 spiro atoms. The molecule has 214 valence electrons. The van der Waals surface area contributed by atoms with Gasteiger partial charge in [0, 0.05) is 36.5 Å². The maximum absolute atomic E-state index is 13.1. The predicted molar refractivity (Wildman–Crippen MR) is 140 cm³/mol. The number of alkyl halides is 3. The van der Waals surface area contributed by atoms with Crippen molar-refractivity contribution in [1.82, 2.24) is 20.1 Å². The van der Waals surface area contributed by atoms with Crippen LogP contribution in [0, 0.1) is 10.1 Å². The Morgan fingerprint density at radius 2 is 1.80 bits per heavy atom. The molecule has 4 aromatic rings. The Balaban J connectivity index is 1.31. The van der Waals surface area contributed by atoms with Gasteiger partial charge >= 0.3 is 11.9 Å². The summed E-state index contributed by atoms with van der Waals surface area (Å²) in [5, 5.41) is 18.8. The van der Waals surface area contributed by atoms with E-state index in [2.05, 4.69) is 25.4 Å². The van der Waals surface area contributed by atoms with Crippen molar-refractivity contribution in [2.24, 2.45) is 0 Å². The van der Waals surface area contributed by atoms with E-state index in [1.165, 1.54) is 42.7 Å². The van der Waals surface area contributed by atoms with E-state index in [0.717, 1.165) is 18.4 Å². The van der Waals surface area contributed by atoms with Crippen LogP contribution < -0.4 is 10.2 Å². The molecule has 2 aromatic heterocycles. The molecule has 0 amide bonds. The number of nitro groups is 1. The van der Waals surface area contributed by atoms with Gasteiger partial charge in [-0.3, -0.25) is 10.1 Å². The van der Waals surface area contributed by atoms with Gasteiger partial charge in [-0.15, -0.1) is 0 Å². The van der Waals surface area contributed by atoms with Crippen LogP contribution >= 0.6 is 0 Å². The minimum Gasteiger partial charge on any atom is -0.351 e. The molecule has 1 N–H and O–H groups in total. The maximum Gasteiger partial charge on any atom is 0.416 e. The van der Waals surface area contributed by atoms with Gasteiger partial charge in [-0.2, -0.15) is 18.2 Å². The zero-order valence-electron chi connectivity index (χ0n) is 21.4. The van der Waals surface area contributed by atoms with Gasteiger partial charge in [-0.25, -0.2) is 18.4 Å². The summed E-state index contributed by atoms with van der Waals surface area (Å²) >= 11 is 0. The van der Waals surface area contributed by atoms with Gasteiger partial charge in [-0.1, -0.05) is 17.3 Å². The predicted octanol–water partition coefficient (Wildman–Crippen LogP) is 4.98. The van der Waals surface area contributed by atoms with E-state index in [9.17, 15) is 31.7 Å². The molecule has 3 heterocycles. The number of nitrogens with zero attached hydrogens (tertiary/aromatic N) is 6. The number of nitrogens with one attached hydrogen (secondary N) is 1. The molecule has 0 saturated carbocycles. The Labute approximate surface area is 231 Å². The Morgan fingerprint density at radius 1 is 1.10 bits per heavy atom. The van der Waals surface area contributed by atoms with E-state index in [1.54, 1.807) is 4.90 Å². The van der Waals surface area contributed by atoms with E-state index < -0.39 is 26.5 Å². The highest BCUT2D eigenvalue weighted by atomic mass is 32.2. The molecule has 1 aliphatic heterocycles. The SMILES string of the molecule is CS(=O)(=O)c1ccc(Nc2ncnc(N3CCC(c4nc(-c5cccc(C(F)(F)F)c5)no4)CC3)c2[N+](=O)[O-])cc1. The lowest BCUT2D eigenvalue weighted by Crippen LogP contribution is -2.34. The topological polar surface area (TPSA) is 157 Å². The first-order valence-electron chi connectivity index (χ1n) is 12.2. The summed E-state index contributed by atoms with van der Waals surface area (Å²) in [4.78, 5) is 25.8. The molecule has 12 nitrogen and oxygen atoms in total.